The number of nitrogens with one attached hydrogen (secondary N) is 1. The number of aryl methyl sites for hydroxylation is 1. The molecular formula is C15H19NO4. The zero-order chi connectivity index (χ0) is 15.0. The molecule has 5 heteroatoms. The number of carbonyl (C=O) groups excluding carboxylic acids is 1. The maximum absolute atomic E-state index is 11.6. The molecule has 2 N–H and O–H groups in total. The number of carbonyl (C=O) groups is 2. The molecule has 1 aromatic rings. The van der Waals surface area contributed by atoms with Gasteiger partial charge in [-0.15, -0.1) is 6.58 Å². The third-order valence-corrected chi connectivity index (χ3v) is 2.65. The first kappa shape index (κ1) is 15.8. The van der Waals surface area contributed by atoms with Gasteiger partial charge in [-0.1, -0.05) is 23.8 Å². The molecule has 0 spiro atoms. The molecule has 0 fully saturated rings. The first-order valence-electron chi connectivity index (χ1n) is 6.35. The third-order valence-electron chi connectivity index (χ3n) is 2.65. The van der Waals surface area contributed by atoms with Gasteiger partial charge >= 0.3 is 5.97 Å². The van der Waals surface area contributed by atoms with Crippen LogP contribution in [0.1, 0.15) is 18.4 Å². The van der Waals surface area contributed by atoms with Crippen LogP contribution in [0.15, 0.2) is 36.9 Å². The molecule has 1 atom stereocenters. The molecule has 0 aromatic heterocycles. The van der Waals surface area contributed by atoms with Crippen molar-refractivity contribution < 1.29 is 19.4 Å². The Morgan fingerprint density at radius 1 is 1.40 bits per heavy atom. The van der Waals surface area contributed by atoms with E-state index in [0.717, 1.165) is 5.56 Å². The van der Waals surface area contributed by atoms with Crippen LogP contribution in [0.2, 0.25) is 0 Å². The van der Waals surface area contributed by atoms with Crippen LogP contribution < -0.4 is 10.1 Å². The van der Waals surface area contributed by atoms with Gasteiger partial charge in [-0.2, -0.15) is 0 Å². The zero-order valence-electron chi connectivity index (χ0n) is 11.5. The highest BCUT2D eigenvalue weighted by Crippen LogP contribution is 2.11. The van der Waals surface area contributed by atoms with E-state index in [1.165, 1.54) is 6.08 Å². The fourth-order valence-electron chi connectivity index (χ4n) is 1.55. The summed E-state index contributed by atoms with van der Waals surface area (Å²) in [5.74, 6) is -0.742. The standard InChI is InChI=1S/C15H19NO4/c1-3-4-13(15(18)19)16-14(17)9-10-20-12-7-5-11(2)6-8-12/h3,5-8,13H,1,4,9-10H2,2H3,(H,16,17)(H,18,19). The van der Waals surface area contributed by atoms with Gasteiger partial charge in [0, 0.05) is 0 Å². The minimum atomic E-state index is -1.07. The van der Waals surface area contributed by atoms with Gasteiger partial charge in [-0.25, -0.2) is 4.79 Å². The molecule has 1 aromatic carbocycles. The van der Waals surface area contributed by atoms with Gasteiger partial charge in [0.05, 0.1) is 13.0 Å². The Bertz CT molecular complexity index is 467. The van der Waals surface area contributed by atoms with Crippen molar-refractivity contribution >= 4 is 11.9 Å². The summed E-state index contributed by atoms with van der Waals surface area (Å²) in [6, 6.07) is 6.55. The Kier molecular flexibility index (Phi) is 6.29. The van der Waals surface area contributed by atoms with E-state index in [1.54, 1.807) is 0 Å². The quantitative estimate of drug-likeness (QED) is 0.712. The highest BCUT2D eigenvalue weighted by atomic mass is 16.5. The molecule has 0 aliphatic rings. The number of rotatable bonds is 8. The second-order valence-corrected chi connectivity index (χ2v) is 4.39. The second-order valence-electron chi connectivity index (χ2n) is 4.39. The van der Waals surface area contributed by atoms with Crippen LogP contribution >= 0.6 is 0 Å². The molecule has 108 valence electrons. The predicted molar refractivity (Wildman–Crippen MR) is 75.7 cm³/mol. The van der Waals surface area contributed by atoms with Crippen molar-refractivity contribution in [2.24, 2.45) is 0 Å². The Morgan fingerprint density at radius 3 is 2.60 bits per heavy atom. The van der Waals surface area contributed by atoms with Gasteiger partial charge < -0.3 is 15.2 Å². The summed E-state index contributed by atoms with van der Waals surface area (Å²) in [5.41, 5.74) is 1.13. The molecular weight excluding hydrogens is 258 g/mol. The molecule has 0 aliphatic heterocycles. The molecule has 0 heterocycles. The number of hydrogen-bond donors (Lipinski definition) is 2. The van der Waals surface area contributed by atoms with Crippen LogP contribution in [0, 0.1) is 6.92 Å². The topological polar surface area (TPSA) is 75.6 Å². The SMILES string of the molecule is C=CCC(NC(=O)CCOc1ccc(C)cc1)C(=O)O. The van der Waals surface area contributed by atoms with Gasteiger partial charge in [-0.05, 0) is 25.5 Å². The monoisotopic (exact) mass is 277 g/mol. The molecule has 20 heavy (non-hydrogen) atoms. The summed E-state index contributed by atoms with van der Waals surface area (Å²) in [5, 5.41) is 11.3. The smallest absolute Gasteiger partial charge is 0.326 e. The van der Waals surface area contributed by atoms with E-state index in [-0.39, 0.29) is 25.4 Å². The van der Waals surface area contributed by atoms with E-state index in [4.69, 9.17) is 9.84 Å². The van der Waals surface area contributed by atoms with Gasteiger partial charge in [-0.3, -0.25) is 4.79 Å². The first-order chi connectivity index (χ1) is 9.52. The fraction of sp³-hybridized carbons (Fsp3) is 0.333. The summed E-state index contributed by atoms with van der Waals surface area (Å²) < 4.78 is 5.41. The lowest BCUT2D eigenvalue weighted by Crippen LogP contribution is -2.40. The number of aliphatic carboxylic acids is 1. The fourth-order valence-corrected chi connectivity index (χ4v) is 1.55. The van der Waals surface area contributed by atoms with Crippen molar-refractivity contribution in [1.29, 1.82) is 0 Å². The van der Waals surface area contributed by atoms with Crippen molar-refractivity contribution in [2.75, 3.05) is 6.61 Å². The van der Waals surface area contributed by atoms with E-state index in [0.29, 0.717) is 5.75 Å². The summed E-state index contributed by atoms with van der Waals surface area (Å²) >= 11 is 0. The molecule has 1 rings (SSSR count). The maximum atomic E-state index is 11.6. The van der Waals surface area contributed by atoms with Crippen molar-refractivity contribution in [3.05, 3.63) is 42.5 Å². The first-order valence-corrected chi connectivity index (χ1v) is 6.35. The van der Waals surface area contributed by atoms with Gasteiger partial charge in [0.2, 0.25) is 5.91 Å². The van der Waals surface area contributed by atoms with E-state index in [1.807, 2.05) is 31.2 Å². The number of hydrogen-bond acceptors (Lipinski definition) is 3. The average Bonchev–Trinajstić information content (AvgIpc) is 2.40. The molecule has 1 unspecified atom stereocenters. The van der Waals surface area contributed by atoms with Crippen LogP contribution in [0.25, 0.3) is 0 Å². The Morgan fingerprint density at radius 2 is 2.05 bits per heavy atom. The molecule has 0 saturated heterocycles. The third kappa shape index (κ3) is 5.56. The lowest BCUT2D eigenvalue weighted by Gasteiger charge is -2.12. The van der Waals surface area contributed by atoms with E-state index in [9.17, 15) is 9.59 Å². The lowest BCUT2D eigenvalue weighted by atomic mass is 10.2. The number of ether oxygens (including phenoxy) is 1. The molecule has 1 amide bonds. The van der Waals surface area contributed by atoms with Crippen LogP contribution in [0.4, 0.5) is 0 Å². The highest BCUT2D eigenvalue weighted by molar-refractivity contribution is 5.83. The van der Waals surface area contributed by atoms with E-state index in [2.05, 4.69) is 11.9 Å². The lowest BCUT2D eigenvalue weighted by molar-refractivity contribution is -0.141. The highest BCUT2D eigenvalue weighted by Gasteiger charge is 2.17. The Hall–Kier alpha value is -2.30. The second kappa shape index (κ2) is 7.99. The normalized spacial score (nSPS) is 11.4. The number of carboxylic acid groups (broad SMARTS) is 1. The maximum Gasteiger partial charge on any atom is 0.326 e. The summed E-state index contributed by atoms with van der Waals surface area (Å²) in [6.07, 6.45) is 1.76. The molecule has 0 radical (unpaired) electrons. The van der Waals surface area contributed by atoms with Crippen LogP contribution in [-0.4, -0.2) is 29.6 Å². The van der Waals surface area contributed by atoms with Gasteiger partial charge in [0.25, 0.3) is 0 Å². The van der Waals surface area contributed by atoms with Gasteiger partial charge in [0.1, 0.15) is 11.8 Å². The van der Waals surface area contributed by atoms with Crippen molar-refractivity contribution in [3.8, 4) is 5.75 Å². The van der Waals surface area contributed by atoms with Crippen molar-refractivity contribution in [2.45, 2.75) is 25.8 Å². The minimum Gasteiger partial charge on any atom is -0.493 e. The average molecular weight is 277 g/mol. The molecule has 0 bridgehead atoms. The van der Waals surface area contributed by atoms with E-state index >= 15 is 0 Å². The van der Waals surface area contributed by atoms with Crippen molar-refractivity contribution in [1.82, 2.24) is 5.32 Å². The van der Waals surface area contributed by atoms with Crippen LogP contribution in [-0.2, 0) is 9.59 Å². The number of benzene rings is 1. The molecule has 0 saturated carbocycles. The van der Waals surface area contributed by atoms with Gasteiger partial charge in [0.15, 0.2) is 0 Å². The summed E-state index contributed by atoms with van der Waals surface area (Å²) in [4.78, 5) is 22.4. The van der Waals surface area contributed by atoms with Crippen LogP contribution in [0.3, 0.4) is 0 Å². The Labute approximate surface area is 118 Å². The largest absolute Gasteiger partial charge is 0.493 e. The van der Waals surface area contributed by atoms with E-state index < -0.39 is 12.0 Å². The summed E-state index contributed by atoms with van der Waals surface area (Å²) in [6.45, 7) is 5.64. The number of amides is 1. The van der Waals surface area contributed by atoms with Crippen LogP contribution in [0.5, 0.6) is 5.75 Å². The zero-order valence-corrected chi connectivity index (χ0v) is 11.5. The number of carboxylic acids is 1. The molecule has 5 nitrogen and oxygen atoms in total. The minimum absolute atomic E-state index is 0.106. The Balaban J connectivity index is 2.33. The summed E-state index contributed by atoms with van der Waals surface area (Å²) in [7, 11) is 0. The van der Waals surface area contributed by atoms with Crippen molar-refractivity contribution in [3.63, 3.8) is 0 Å². The molecule has 0 aliphatic carbocycles. The predicted octanol–water partition coefficient (Wildman–Crippen LogP) is 1.91.